The lowest BCUT2D eigenvalue weighted by molar-refractivity contribution is -0.115. The number of hydrogen-bond donors (Lipinski definition) is 3. The predicted molar refractivity (Wildman–Crippen MR) is 108 cm³/mol. The van der Waals surface area contributed by atoms with E-state index in [-0.39, 0.29) is 16.9 Å². The summed E-state index contributed by atoms with van der Waals surface area (Å²) in [6.07, 6.45) is 0.368. The van der Waals surface area contributed by atoms with Crippen molar-refractivity contribution in [3.63, 3.8) is 0 Å². The molecule has 2 aromatic rings. The molecule has 25 heavy (non-hydrogen) atoms. The number of amides is 2. The minimum atomic E-state index is -0.342. The van der Waals surface area contributed by atoms with Crippen LogP contribution in [0.2, 0.25) is 5.02 Å². The van der Waals surface area contributed by atoms with Crippen molar-refractivity contribution in [2.24, 2.45) is 0 Å². The number of nitrogens with one attached hydrogen (secondary N) is 3. The van der Waals surface area contributed by atoms with Crippen LogP contribution < -0.4 is 16.0 Å². The highest BCUT2D eigenvalue weighted by molar-refractivity contribution is 9.10. The molecule has 0 bridgehead atoms. The molecule has 0 aliphatic rings. The largest absolute Gasteiger partial charge is 0.331 e. The lowest BCUT2D eigenvalue weighted by Gasteiger charge is -2.13. The normalized spacial score (nSPS) is 10.0. The fourth-order valence-corrected chi connectivity index (χ4v) is 2.67. The number of anilines is 2. The summed E-state index contributed by atoms with van der Waals surface area (Å²) in [6, 6.07) is 11.9. The van der Waals surface area contributed by atoms with Gasteiger partial charge in [-0.2, -0.15) is 0 Å². The molecule has 0 saturated heterocycles. The molecular weight excluding hydrogens is 426 g/mol. The lowest BCUT2D eigenvalue weighted by Crippen LogP contribution is -2.34. The van der Waals surface area contributed by atoms with Crippen molar-refractivity contribution >= 4 is 68.1 Å². The van der Waals surface area contributed by atoms with Gasteiger partial charge < -0.3 is 10.6 Å². The number of hydrogen-bond acceptors (Lipinski definition) is 3. The molecule has 130 valence electrons. The first-order chi connectivity index (χ1) is 11.9. The Kier molecular flexibility index (Phi) is 6.92. The minimum absolute atomic E-state index is 0.103. The quantitative estimate of drug-likeness (QED) is 0.609. The van der Waals surface area contributed by atoms with Crippen molar-refractivity contribution in [3.8, 4) is 0 Å². The maximum absolute atomic E-state index is 12.2. The Labute approximate surface area is 164 Å². The van der Waals surface area contributed by atoms with E-state index < -0.39 is 0 Å². The van der Waals surface area contributed by atoms with E-state index in [2.05, 4.69) is 31.9 Å². The molecule has 0 heterocycles. The molecule has 0 spiro atoms. The van der Waals surface area contributed by atoms with E-state index in [1.165, 1.54) is 0 Å². The molecule has 0 radical (unpaired) electrons. The van der Waals surface area contributed by atoms with Crippen LogP contribution in [0.4, 0.5) is 11.4 Å². The highest BCUT2D eigenvalue weighted by atomic mass is 79.9. The SMILES string of the molecule is CCC(=O)Nc1ccc(Cl)c(NC(=S)NC(=O)c2cccc(Br)c2)c1. The molecule has 0 aliphatic heterocycles. The number of thiocarbonyl (C=S) groups is 1. The van der Waals surface area contributed by atoms with Gasteiger partial charge >= 0.3 is 0 Å². The van der Waals surface area contributed by atoms with Crippen molar-refractivity contribution < 1.29 is 9.59 Å². The summed E-state index contributed by atoms with van der Waals surface area (Å²) < 4.78 is 0.793. The molecule has 0 aliphatic carbocycles. The average Bonchev–Trinajstić information content (AvgIpc) is 2.57. The number of carbonyl (C=O) groups is 2. The van der Waals surface area contributed by atoms with Crippen LogP contribution in [0, 0.1) is 0 Å². The first-order valence-corrected chi connectivity index (χ1v) is 8.94. The van der Waals surface area contributed by atoms with Gasteiger partial charge in [-0.25, -0.2) is 0 Å². The van der Waals surface area contributed by atoms with Crippen LogP contribution in [0.25, 0.3) is 0 Å². The number of benzene rings is 2. The van der Waals surface area contributed by atoms with E-state index in [1.807, 2.05) is 6.07 Å². The number of halogens is 2. The molecule has 3 N–H and O–H groups in total. The molecule has 8 heteroatoms. The second-order valence-corrected chi connectivity index (χ2v) is 6.75. The van der Waals surface area contributed by atoms with E-state index in [4.69, 9.17) is 23.8 Å². The Bertz CT molecular complexity index is 829. The van der Waals surface area contributed by atoms with Gasteiger partial charge in [-0.3, -0.25) is 14.9 Å². The van der Waals surface area contributed by atoms with Crippen LogP contribution in [0.5, 0.6) is 0 Å². The fraction of sp³-hybridized carbons (Fsp3) is 0.118. The Morgan fingerprint density at radius 2 is 1.92 bits per heavy atom. The third-order valence-corrected chi connectivity index (χ3v) is 4.16. The summed E-state index contributed by atoms with van der Waals surface area (Å²) in [7, 11) is 0. The molecule has 2 amide bonds. The highest BCUT2D eigenvalue weighted by Crippen LogP contribution is 2.25. The van der Waals surface area contributed by atoms with Crippen molar-refractivity contribution in [3.05, 3.63) is 57.5 Å². The summed E-state index contributed by atoms with van der Waals surface area (Å²) in [5.74, 6) is -0.454. The van der Waals surface area contributed by atoms with Crippen molar-refractivity contribution in [1.82, 2.24) is 5.32 Å². The van der Waals surface area contributed by atoms with Gasteiger partial charge in [0, 0.05) is 22.1 Å². The van der Waals surface area contributed by atoms with Gasteiger partial charge in [-0.15, -0.1) is 0 Å². The van der Waals surface area contributed by atoms with Crippen molar-refractivity contribution in [2.75, 3.05) is 10.6 Å². The average molecular weight is 441 g/mol. The molecule has 0 atom stereocenters. The molecule has 5 nitrogen and oxygen atoms in total. The van der Waals surface area contributed by atoms with Gasteiger partial charge in [-0.1, -0.05) is 40.5 Å². The summed E-state index contributed by atoms with van der Waals surface area (Å²) in [5.41, 5.74) is 1.53. The summed E-state index contributed by atoms with van der Waals surface area (Å²) in [4.78, 5) is 23.7. The Hall–Kier alpha value is -1.96. The van der Waals surface area contributed by atoms with E-state index in [1.54, 1.807) is 43.3 Å². The maximum atomic E-state index is 12.2. The molecule has 2 rings (SSSR count). The Morgan fingerprint density at radius 3 is 2.60 bits per heavy atom. The first-order valence-electron chi connectivity index (χ1n) is 7.36. The van der Waals surface area contributed by atoms with Gasteiger partial charge in [-0.05, 0) is 48.6 Å². The van der Waals surface area contributed by atoms with Crippen LogP contribution >= 0.6 is 39.7 Å². The topological polar surface area (TPSA) is 70.2 Å². The van der Waals surface area contributed by atoms with Gasteiger partial charge in [0.25, 0.3) is 5.91 Å². The maximum Gasteiger partial charge on any atom is 0.257 e. The summed E-state index contributed by atoms with van der Waals surface area (Å²) in [6.45, 7) is 1.76. The Morgan fingerprint density at radius 1 is 1.16 bits per heavy atom. The second-order valence-electron chi connectivity index (χ2n) is 5.01. The lowest BCUT2D eigenvalue weighted by atomic mass is 10.2. The zero-order valence-corrected chi connectivity index (χ0v) is 16.4. The molecule has 0 unspecified atom stereocenters. The molecule has 0 aromatic heterocycles. The van der Waals surface area contributed by atoms with Crippen molar-refractivity contribution in [2.45, 2.75) is 13.3 Å². The van der Waals surface area contributed by atoms with Crippen LogP contribution in [-0.2, 0) is 4.79 Å². The number of carbonyl (C=O) groups excluding carboxylic acids is 2. The van der Waals surface area contributed by atoms with Crippen LogP contribution in [-0.4, -0.2) is 16.9 Å². The number of rotatable bonds is 4. The molecular formula is C17H15BrClN3O2S. The fourth-order valence-electron chi connectivity index (χ4n) is 1.91. The minimum Gasteiger partial charge on any atom is -0.331 e. The molecule has 0 fully saturated rings. The van der Waals surface area contributed by atoms with E-state index in [9.17, 15) is 9.59 Å². The first kappa shape index (κ1) is 19.4. The second kappa shape index (κ2) is 8.94. The van der Waals surface area contributed by atoms with Gasteiger partial charge in [0.1, 0.15) is 0 Å². The predicted octanol–water partition coefficient (Wildman–Crippen LogP) is 4.58. The third kappa shape index (κ3) is 5.81. The van der Waals surface area contributed by atoms with Gasteiger partial charge in [0.05, 0.1) is 10.7 Å². The van der Waals surface area contributed by atoms with E-state index in [0.29, 0.717) is 28.4 Å². The van der Waals surface area contributed by atoms with Gasteiger partial charge in [0.2, 0.25) is 5.91 Å². The monoisotopic (exact) mass is 439 g/mol. The van der Waals surface area contributed by atoms with E-state index in [0.717, 1.165) is 4.47 Å². The zero-order chi connectivity index (χ0) is 18.4. The third-order valence-electron chi connectivity index (χ3n) is 3.13. The Balaban J connectivity index is 2.05. The molecule has 2 aromatic carbocycles. The molecule has 0 saturated carbocycles. The van der Waals surface area contributed by atoms with Crippen molar-refractivity contribution in [1.29, 1.82) is 0 Å². The van der Waals surface area contributed by atoms with Crippen LogP contribution in [0.1, 0.15) is 23.7 Å². The van der Waals surface area contributed by atoms with Crippen LogP contribution in [0.3, 0.4) is 0 Å². The summed E-state index contributed by atoms with van der Waals surface area (Å²) >= 11 is 14.6. The zero-order valence-electron chi connectivity index (χ0n) is 13.2. The van der Waals surface area contributed by atoms with E-state index >= 15 is 0 Å². The van der Waals surface area contributed by atoms with Crippen LogP contribution in [0.15, 0.2) is 46.9 Å². The summed E-state index contributed by atoms with van der Waals surface area (Å²) in [5, 5.41) is 8.69. The van der Waals surface area contributed by atoms with Gasteiger partial charge in [0.15, 0.2) is 5.11 Å². The smallest absolute Gasteiger partial charge is 0.257 e. The highest BCUT2D eigenvalue weighted by Gasteiger charge is 2.10. The standard InChI is InChI=1S/C17H15BrClN3O2S/c1-2-15(23)20-12-6-7-13(19)14(9-12)21-17(25)22-16(24)10-4-3-5-11(18)8-10/h3-9H,2H2,1H3,(H,20,23)(H2,21,22,24,25).